The Hall–Kier alpha value is -0.610. The van der Waals surface area contributed by atoms with Crippen molar-refractivity contribution >= 4 is 5.71 Å². The molecule has 0 N–H and O–H groups in total. The number of rotatable bonds is 3. The Morgan fingerprint density at radius 2 is 2.14 bits per heavy atom. The first kappa shape index (κ1) is 9.93. The van der Waals surface area contributed by atoms with E-state index in [1.807, 2.05) is 0 Å². The molecule has 0 spiro atoms. The third-order valence-electron chi connectivity index (χ3n) is 2.69. The van der Waals surface area contributed by atoms with Crippen molar-refractivity contribution in [2.24, 2.45) is 5.16 Å². The van der Waals surface area contributed by atoms with Gasteiger partial charge in [0.25, 0.3) is 0 Å². The first-order chi connectivity index (χ1) is 6.95. The average molecular weight is 198 g/mol. The zero-order valence-corrected chi connectivity index (χ0v) is 8.57. The molecule has 2 fully saturated rings. The molecule has 4 nitrogen and oxygen atoms in total. The fourth-order valence-corrected chi connectivity index (χ4v) is 1.81. The third-order valence-corrected chi connectivity index (χ3v) is 2.69. The zero-order valence-electron chi connectivity index (χ0n) is 8.57. The molecule has 1 saturated heterocycles. The summed E-state index contributed by atoms with van der Waals surface area (Å²) in [4.78, 5) is 7.39. The highest BCUT2D eigenvalue weighted by Crippen LogP contribution is 2.14. The minimum Gasteiger partial charge on any atom is -0.380 e. The predicted octanol–water partition coefficient (Wildman–Crippen LogP) is 1.57. The fraction of sp³-hybridized carbons (Fsp3) is 0.900. The van der Waals surface area contributed by atoms with Crippen molar-refractivity contribution in [3.63, 3.8) is 0 Å². The second kappa shape index (κ2) is 5.32. The molecule has 1 aliphatic heterocycles. The molecule has 1 saturated carbocycles. The van der Waals surface area contributed by atoms with Crippen LogP contribution in [-0.2, 0) is 9.57 Å². The molecule has 0 atom stereocenters. The Labute approximate surface area is 84.8 Å². The Kier molecular flexibility index (Phi) is 3.77. The Morgan fingerprint density at radius 3 is 2.86 bits per heavy atom. The minimum absolute atomic E-state index is 0.573. The predicted molar refractivity (Wildman–Crippen MR) is 54.0 cm³/mol. The van der Waals surface area contributed by atoms with Gasteiger partial charge < -0.3 is 9.57 Å². The van der Waals surface area contributed by atoms with Gasteiger partial charge in [-0.1, -0.05) is 11.6 Å². The van der Waals surface area contributed by atoms with E-state index in [2.05, 4.69) is 10.1 Å². The molecule has 0 aromatic carbocycles. The zero-order chi connectivity index (χ0) is 9.64. The van der Waals surface area contributed by atoms with Crippen molar-refractivity contribution in [2.45, 2.75) is 32.1 Å². The van der Waals surface area contributed by atoms with E-state index in [1.165, 1.54) is 25.0 Å². The molecule has 80 valence electrons. The lowest BCUT2D eigenvalue weighted by atomic mass is 9.99. The van der Waals surface area contributed by atoms with Crippen molar-refractivity contribution in [1.29, 1.82) is 0 Å². The summed E-state index contributed by atoms with van der Waals surface area (Å²) < 4.78 is 5.20. The molecular weight excluding hydrogens is 180 g/mol. The van der Waals surface area contributed by atoms with Gasteiger partial charge in [0.15, 0.2) is 6.73 Å². The van der Waals surface area contributed by atoms with Crippen molar-refractivity contribution in [3.05, 3.63) is 0 Å². The van der Waals surface area contributed by atoms with Crippen LogP contribution in [-0.4, -0.2) is 37.2 Å². The van der Waals surface area contributed by atoms with Gasteiger partial charge in [0, 0.05) is 6.54 Å². The molecule has 4 heteroatoms. The minimum atomic E-state index is 0.573. The van der Waals surface area contributed by atoms with Gasteiger partial charge in [0.05, 0.1) is 12.3 Å². The van der Waals surface area contributed by atoms with Gasteiger partial charge in [0.1, 0.15) is 6.73 Å². The third kappa shape index (κ3) is 2.96. The van der Waals surface area contributed by atoms with Crippen LogP contribution < -0.4 is 0 Å². The highest BCUT2D eigenvalue weighted by atomic mass is 16.6. The van der Waals surface area contributed by atoms with Crippen LogP contribution in [0, 0.1) is 0 Å². The molecule has 2 aliphatic rings. The molecule has 1 heterocycles. The molecule has 14 heavy (non-hydrogen) atoms. The fourth-order valence-electron chi connectivity index (χ4n) is 1.81. The highest BCUT2D eigenvalue weighted by molar-refractivity contribution is 5.84. The number of ether oxygens (including phenoxy) is 1. The molecule has 0 bridgehead atoms. The molecule has 0 aromatic heterocycles. The number of nitrogens with zero attached hydrogens (tertiary/aromatic N) is 2. The van der Waals surface area contributed by atoms with Crippen molar-refractivity contribution in [2.75, 3.05) is 26.6 Å². The normalized spacial score (nSPS) is 23.9. The van der Waals surface area contributed by atoms with Gasteiger partial charge in [-0.2, -0.15) is 0 Å². The van der Waals surface area contributed by atoms with Crippen LogP contribution in [0.1, 0.15) is 32.1 Å². The van der Waals surface area contributed by atoms with Crippen molar-refractivity contribution in [3.8, 4) is 0 Å². The van der Waals surface area contributed by atoms with Crippen LogP contribution in [0.5, 0.6) is 0 Å². The van der Waals surface area contributed by atoms with Crippen molar-refractivity contribution < 1.29 is 9.57 Å². The van der Waals surface area contributed by atoms with Gasteiger partial charge in [-0.15, -0.1) is 0 Å². The molecule has 0 radical (unpaired) electrons. The van der Waals surface area contributed by atoms with Gasteiger partial charge in [-0.3, -0.25) is 0 Å². The summed E-state index contributed by atoms with van der Waals surface area (Å²) in [5.41, 5.74) is 1.23. The lowest BCUT2D eigenvalue weighted by Crippen LogP contribution is -2.22. The quantitative estimate of drug-likeness (QED) is 0.645. The van der Waals surface area contributed by atoms with E-state index < -0.39 is 0 Å². The van der Waals surface area contributed by atoms with Gasteiger partial charge >= 0.3 is 0 Å². The number of oxime groups is 1. The summed E-state index contributed by atoms with van der Waals surface area (Å²) in [7, 11) is 0. The maximum atomic E-state index is 5.29. The van der Waals surface area contributed by atoms with Crippen LogP contribution in [0.25, 0.3) is 0 Å². The summed E-state index contributed by atoms with van der Waals surface area (Å²) in [6.07, 6.45) is 6.13. The van der Waals surface area contributed by atoms with E-state index in [4.69, 9.17) is 9.57 Å². The second-order valence-corrected chi connectivity index (χ2v) is 3.91. The molecule has 0 amide bonds. The van der Waals surface area contributed by atoms with Crippen LogP contribution >= 0.6 is 0 Å². The summed E-state index contributed by atoms with van der Waals surface area (Å²) in [6.45, 7) is 3.04. The summed E-state index contributed by atoms with van der Waals surface area (Å²) in [5.74, 6) is 0. The number of hydrogen-bond donors (Lipinski definition) is 0. The maximum absolute atomic E-state index is 5.29. The topological polar surface area (TPSA) is 34.1 Å². The first-order valence-corrected chi connectivity index (χ1v) is 5.43. The van der Waals surface area contributed by atoms with Crippen LogP contribution in [0.3, 0.4) is 0 Å². The van der Waals surface area contributed by atoms with Gasteiger partial charge in [-0.05, 0) is 25.7 Å². The maximum Gasteiger partial charge on any atom is 0.172 e. The van der Waals surface area contributed by atoms with E-state index in [1.54, 1.807) is 0 Å². The summed E-state index contributed by atoms with van der Waals surface area (Å²) in [5, 5.41) is 4.17. The monoisotopic (exact) mass is 198 g/mol. The van der Waals surface area contributed by atoms with Crippen LogP contribution in [0.15, 0.2) is 5.16 Å². The Morgan fingerprint density at radius 1 is 1.29 bits per heavy atom. The summed E-state index contributed by atoms with van der Waals surface area (Å²) in [6, 6.07) is 0. The van der Waals surface area contributed by atoms with Gasteiger partial charge in [0.2, 0.25) is 0 Å². The van der Waals surface area contributed by atoms with E-state index in [0.717, 1.165) is 26.0 Å². The molecule has 0 unspecified atom stereocenters. The van der Waals surface area contributed by atoms with E-state index in [-0.39, 0.29) is 0 Å². The van der Waals surface area contributed by atoms with E-state index in [0.29, 0.717) is 13.5 Å². The summed E-state index contributed by atoms with van der Waals surface area (Å²) >= 11 is 0. The average Bonchev–Trinajstić information content (AvgIpc) is 2.72. The first-order valence-electron chi connectivity index (χ1n) is 5.43. The smallest absolute Gasteiger partial charge is 0.172 e. The highest BCUT2D eigenvalue weighted by Gasteiger charge is 2.12. The van der Waals surface area contributed by atoms with Crippen LogP contribution in [0.2, 0.25) is 0 Å². The molecular formula is C10H18N2O2. The standard InChI is InChI=1S/C10H18N2O2/c1-2-4-10(5-3-1)11-14-9-12-6-7-13-8-12/h1-9H2. The van der Waals surface area contributed by atoms with Crippen LogP contribution in [0.4, 0.5) is 0 Å². The Bertz CT molecular complexity index is 192. The van der Waals surface area contributed by atoms with E-state index >= 15 is 0 Å². The van der Waals surface area contributed by atoms with E-state index in [9.17, 15) is 0 Å². The SMILES string of the molecule is C1CCC(=NOCN2CCOC2)CC1. The lowest BCUT2D eigenvalue weighted by Gasteiger charge is -2.14. The molecule has 0 aromatic rings. The largest absolute Gasteiger partial charge is 0.380 e. The van der Waals surface area contributed by atoms with Crippen molar-refractivity contribution in [1.82, 2.24) is 4.90 Å². The second-order valence-electron chi connectivity index (χ2n) is 3.91. The Balaban J connectivity index is 1.64. The van der Waals surface area contributed by atoms with Gasteiger partial charge in [-0.25, -0.2) is 4.90 Å². The lowest BCUT2D eigenvalue weighted by molar-refractivity contribution is 0.0188. The molecule has 1 aliphatic carbocycles. The molecule has 2 rings (SSSR count). The number of hydrogen-bond acceptors (Lipinski definition) is 4.